The molecular weight excluding hydrogens is 488 g/mol. The quantitative estimate of drug-likeness (QED) is 0.396. The van der Waals surface area contributed by atoms with E-state index in [1.54, 1.807) is 25.1 Å². The van der Waals surface area contributed by atoms with Gasteiger partial charge in [-0.15, -0.1) is 0 Å². The summed E-state index contributed by atoms with van der Waals surface area (Å²) in [5.41, 5.74) is -2.98. The maximum absolute atomic E-state index is 13.2. The van der Waals surface area contributed by atoms with Gasteiger partial charge in [0.25, 0.3) is 0 Å². The summed E-state index contributed by atoms with van der Waals surface area (Å²) in [6.45, 7) is 8.75. The number of ether oxygens (including phenoxy) is 2. The molecule has 0 heterocycles. The molecule has 1 aromatic carbocycles. The number of rotatable bonds is 5. The topological polar surface area (TPSA) is 130 Å². The smallest absolute Gasteiger partial charge is 0.310 e. The molecule has 0 amide bonds. The van der Waals surface area contributed by atoms with Crippen LogP contribution >= 0.6 is 0 Å². The first-order chi connectivity index (χ1) is 17.7. The van der Waals surface area contributed by atoms with Gasteiger partial charge in [0, 0.05) is 36.5 Å². The van der Waals surface area contributed by atoms with Crippen LogP contribution in [0.25, 0.3) is 0 Å². The SMILES string of the molecule is CC(=O)OCC1=CC2C3C(C)(C)C3(OC(=O)Cc3ccc(O)cc3)CC(C)C2(O)C2C=C(C)C(=O)C2(O)C1. The molecule has 0 bridgehead atoms. The van der Waals surface area contributed by atoms with Gasteiger partial charge in [0.15, 0.2) is 5.78 Å². The molecule has 4 aliphatic rings. The molecule has 0 spiro atoms. The number of aliphatic hydroxyl groups is 2. The normalized spacial score (nSPS) is 38.6. The molecule has 1 aromatic rings. The highest BCUT2D eigenvalue weighted by Crippen LogP contribution is 2.76. The summed E-state index contributed by atoms with van der Waals surface area (Å²) in [6, 6.07) is 6.39. The van der Waals surface area contributed by atoms with E-state index in [-0.39, 0.29) is 31.1 Å². The molecule has 0 aromatic heterocycles. The van der Waals surface area contributed by atoms with Gasteiger partial charge >= 0.3 is 11.9 Å². The molecule has 2 saturated carbocycles. The first-order valence-electron chi connectivity index (χ1n) is 13.2. The van der Waals surface area contributed by atoms with Crippen LogP contribution in [0.4, 0.5) is 0 Å². The van der Waals surface area contributed by atoms with E-state index in [1.165, 1.54) is 19.1 Å². The molecular formula is C30H36O8. The Kier molecular flexibility index (Phi) is 5.97. The number of fused-ring (bicyclic) bond motifs is 5. The van der Waals surface area contributed by atoms with E-state index in [0.29, 0.717) is 23.1 Å². The van der Waals surface area contributed by atoms with Gasteiger partial charge < -0.3 is 24.8 Å². The Morgan fingerprint density at radius 3 is 2.39 bits per heavy atom. The maximum atomic E-state index is 13.2. The van der Waals surface area contributed by atoms with Crippen molar-refractivity contribution in [3.63, 3.8) is 0 Å². The van der Waals surface area contributed by atoms with Crippen molar-refractivity contribution >= 4 is 17.7 Å². The lowest BCUT2D eigenvalue weighted by Crippen LogP contribution is -2.61. The van der Waals surface area contributed by atoms with E-state index < -0.39 is 57.7 Å². The van der Waals surface area contributed by atoms with E-state index >= 15 is 0 Å². The van der Waals surface area contributed by atoms with Crippen molar-refractivity contribution in [2.75, 3.05) is 6.61 Å². The highest BCUT2D eigenvalue weighted by Gasteiger charge is 2.83. The number of ketones is 1. The van der Waals surface area contributed by atoms with Crippen molar-refractivity contribution < 1.29 is 39.2 Å². The highest BCUT2D eigenvalue weighted by atomic mass is 16.6. The van der Waals surface area contributed by atoms with Crippen LogP contribution in [0.15, 0.2) is 47.6 Å². The van der Waals surface area contributed by atoms with Crippen molar-refractivity contribution in [3.8, 4) is 5.75 Å². The van der Waals surface area contributed by atoms with E-state index in [4.69, 9.17) is 9.47 Å². The number of hydrogen-bond donors (Lipinski definition) is 3. The van der Waals surface area contributed by atoms with E-state index in [2.05, 4.69) is 0 Å². The van der Waals surface area contributed by atoms with E-state index in [0.717, 1.165) is 0 Å². The number of hydrogen-bond acceptors (Lipinski definition) is 8. The summed E-state index contributed by atoms with van der Waals surface area (Å²) in [5.74, 6) is -3.31. The van der Waals surface area contributed by atoms with Gasteiger partial charge in [0.05, 0.1) is 12.0 Å². The zero-order chi connectivity index (χ0) is 27.8. The maximum Gasteiger partial charge on any atom is 0.310 e. The average Bonchev–Trinajstić information content (AvgIpc) is 3.23. The second-order valence-corrected chi connectivity index (χ2v) is 12.3. The molecule has 3 N–H and O–H groups in total. The Morgan fingerprint density at radius 2 is 1.76 bits per heavy atom. The number of carbonyl (C=O) groups is 3. The summed E-state index contributed by atoms with van der Waals surface area (Å²) in [5, 5.41) is 33.8. The number of esters is 2. The van der Waals surface area contributed by atoms with Crippen LogP contribution in [0.3, 0.4) is 0 Å². The van der Waals surface area contributed by atoms with Crippen molar-refractivity contribution in [3.05, 3.63) is 53.1 Å². The summed E-state index contributed by atoms with van der Waals surface area (Å²) < 4.78 is 11.5. The van der Waals surface area contributed by atoms with Crippen LogP contribution in [0, 0.1) is 29.1 Å². The number of phenols is 1. The lowest BCUT2D eigenvalue weighted by molar-refractivity contribution is -0.186. The highest BCUT2D eigenvalue weighted by molar-refractivity contribution is 6.04. The molecule has 8 heteroatoms. The zero-order valence-corrected chi connectivity index (χ0v) is 22.5. The Hall–Kier alpha value is -2.97. The van der Waals surface area contributed by atoms with Gasteiger partial charge in [0.2, 0.25) is 0 Å². The molecule has 4 aliphatic carbocycles. The third-order valence-electron chi connectivity index (χ3n) is 9.71. The number of aromatic hydroxyl groups is 1. The molecule has 7 unspecified atom stereocenters. The fourth-order valence-corrected chi connectivity index (χ4v) is 7.80. The van der Waals surface area contributed by atoms with Crippen LogP contribution in [0.2, 0.25) is 0 Å². The largest absolute Gasteiger partial charge is 0.508 e. The third kappa shape index (κ3) is 3.67. The first kappa shape index (κ1) is 26.6. The van der Waals surface area contributed by atoms with Gasteiger partial charge in [-0.3, -0.25) is 14.4 Å². The average molecular weight is 525 g/mol. The summed E-state index contributed by atoms with van der Waals surface area (Å²) in [4.78, 5) is 37.9. The van der Waals surface area contributed by atoms with Crippen LogP contribution in [-0.2, 0) is 30.3 Å². The molecule has 0 saturated heterocycles. The number of phenolic OH excluding ortho intramolecular Hbond substituents is 1. The molecule has 0 radical (unpaired) electrons. The van der Waals surface area contributed by atoms with E-state index in [9.17, 15) is 29.7 Å². The molecule has 0 aliphatic heterocycles. The standard InChI is InChI=1S/C30H36O8/c1-16-10-23-28(35,26(16)34)14-20(15-37-18(3)31)11-22-25-27(4,5)29(25,13-17(2)30(22,23)36)38-24(33)12-19-6-8-21(32)9-7-19/h6-11,17,22-23,25,32,35-36H,12-15H2,1-5H3. The lowest BCUT2D eigenvalue weighted by Gasteiger charge is -2.50. The van der Waals surface area contributed by atoms with Gasteiger partial charge in [-0.1, -0.05) is 45.1 Å². The van der Waals surface area contributed by atoms with Crippen molar-refractivity contribution in [1.29, 1.82) is 0 Å². The Bertz CT molecular complexity index is 1260. The van der Waals surface area contributed by atoms with Gasteiger partial charge in [-0.2, -0.15) is 0 Å². The number of benzene rings is 1. The Morgan fingerprint density at radius 1 is 1.11 bits per heavy atom. The number of Topliss-reactive ketones (excluding diaryl/α,β-unsaturated/α-hetero) is 1. The molecule has 204 valence electrons. The molecule has 5 rings (SSSR count). The van der Waals surface area contributed by atoms with Crippen LogP contribution in [0.5, 0.6) is 5.75 Å². The molecule has 2 fully saturated rings. The van der Waals surface area contributed by atoms with Crippen LogP contribution in [-0.4, -0.2) is 56.5 Å². The molecule has 7 atom stereocenters. The minimum atomic E-state index is -1.84. The zero-order valence-electron chi connectivity index (χ0n) is 22.5. The fraction of sp³-hybridized carbons (Fsp3) is 0.567. The van der Waals surface area contributed by atoms with Gasteiger partial charge in [0.1, 0.15) is 23.6 Å². The summed E-state index contributed by atoms with van der Waals surface area (Å²) >= 11 is 0. The molecule has 38 heavy (non-hydrogen) atoms. The summed E-state index contributed by atoms with van der Waals surface area (Å²) in [6.07, 6.45) is 3.91. The van der Waals surface area contributed by atoms with Crippen molar-refractivity contribution in [2.24, 2.45) is 29.1 Å². The van der Waals surface area contributed by atoms with Gasteiger partial charge in [-0.25, -0.2) is 0 Å². The van der Waals surface area contributed by atoms with Crippen LogP contribution < -0.4 is 0 Å². The second-order valence-electron chi connectivity index (χ2n) is 12.3. The monoisotopic (exact) mass is 524 g/mol. The third-order valence-corrected chi connectivity index (χ3v) is 9.71. The Labute approximate surface area is 222 Å². The second kappa shape index (κ2) is 8.52. The minimum absolute atomic E-state index is 0.0422. The lowest BCUT2D eigenvalue weighted by atomic mass is 9.60. The fourth-order valence-electron chi connectivity index (χ4n) is 7.80. The Balaban J connectivity index is 1.53. The minimum Gasteiger partial charge on any atom is -0.508 e. The van der Waals surface area contributed by atoms with Crippen molar-refractivity contribution in [1.82, 2.24) is 0 Å². The first-order valence-corrected chi connectivity index (χ1v) is 13.2. The molecule has 8 nitrogen and oxygen atoms in total. The van der Waals surface area contributed by atoms with Gasteiger partial charge in [-0.05, 0) is 48.1 Å². The van der Waals surface area contributed by atoms with E-state index in [1.807, 2.05) is 26.8 Å². The van der Waals surface area contributed by atoms with Crippen molar-refractivity contribution in [2.45, 2.75) is 70.7 Å². The predicted molar refractivity (Wildman–Crippen MR) is 137 cm³/mol. The summed E-state index contributed by atoms with van der Waals surface area (Å²) in [7, 11) is 0. The number of carbonyl (C=O) groups excluding carboxylic acids is 3. The van der Waals surface area contributed by atoms with Crippen LogP contribution in [0.1, 0.15) is 53.0 Å². The predicted octanol–water partition coefficient (Wildman–Crippen LogP) is 3.03.